The third kappa shape index (κ3) is 15.6. The second-order valence-electron chi connectivity index (χ2n) is 18.9. The lowest BCUT2D eigenvalue weighted by Crippen LogP contribution is -2.38. The molecule has 4 aromatic carbocycles. The summed E-state index contributed by atoms with van der Waals surface area (Å²) in [6.45, 7) is 17.0. The van der Waals surface area contributed by atoms with Crippen LogP contribution >= 0.6 is 12.4 Å². The van der Waals surface area contributed by atoms with Gasteiger partial charge in [-0.1, -0.05) is 71.5 Å². The molecule has 6 aromatic rings. The number of aromatic nitrogens is 6. The Balaban J connectivity index is 0.000000259. The van der Waals surface area contributed by atoms with E-state index >= 15 is 0 Å². The number of hydrogen-bond donors (Lipinski definition) is 4. The van der Waals surface area contributed by atoms with E-state index in [9.17, 15) is 14.7 Å². The third-order valence-electron chi connectivity index (χ3n) is 13.3. The second kappa shape index (κ2) is 28.5. The summed E-state index contributed by atoms with van der Waals surface area (Å²) in [6, 6.07) is 27.8. The largest absolute Gasteiger partial charge is 0.478 e. The Morgan fingerprint density at radius 3 is 1.49 bits per heavy atom. The minimum atomic E-state index is -0.941. The Morgan fingerprint density at radius 1 is 0.685 bits per heavy atom. The minimum Gasteiger partial charge on any atom is -0.478 e. The number of benzene rings is 4. The first kappa shape index (κ1) is 58.8. The molecule has 2 aliphatic rings. The van der Waals surface area contributed by atoms with Crippen molar-refractivity contribution in [3.8, 4) is 34.9 Å². The van der Waals surface area contributed by atoms with Crippen molar-refractivity contribution in [1.29, 1.82) is 10.5 Å². The van der Waals surface area contributed by atoms with Crippen LogP contribution in [0.4, 0.5) is 0 Å². The molecule has 388 valence electrons. The first-order valence-electron chi connectivity index (χ1n) is 24.6. The number of aromatic carboxylic acids is 1. The molecule has 2 aromatic heterocycles. The highest BCUT2D eigenvalue weighted by Crippen LogP contribution is 2.34. The summed E-state index contributed by atoms with van der Waals surface area (Å²) in [6.07, 6.45) is 5.55. The van der Waals surface area contributed by atoms with E-state index in [2.05, 4.69) is 93.7 Å². The zero-order valence-electron chi connectivity index (χ0n) is 42.8. The highest BCUT2D eigenvalue weighted by molar-refractivity contribution is 5.97. The maximum atomic E-state index is 13.6. The highest BCUT2D eigenvalue weighted by atomic mass is 35.5. The predicted octanol–water partition coefficient (Wildman–Crippen LogP) is 10.9. The first-order chi connectivity index (χ1) is 34.2. The third-order valence-corrected chi connectivity index (χ3v) is 13.3. The summed E-state index contributed by atoms with van der Waals surface area (Å²) in [5, 5.41) is 44.9. The molecule has 2 fully saturated rings. The van der Waals surface area contributed by atoms with Gasteiger partial charge < -0.3 is 24.8 Å². The Labute approximate surface area is 437 Å². The zero-order valence-corrected chi connectivity index (χ0v) is 43.7. The average molecular weight is 1010 g/mol. The number of nitrogens with zero attached hydrogens (tertiary/aromatic N) is 7. The standard InChI is InChI=1S/C28H33N5O2.C16H21N3O3.C12H14N2.CH4.ClH/c1-18(2)23-15-19(3)24(16-25(23)27-30-26(31-32-27)11-14-35-4)28(34)33-12-9-22(10-13-33)21-7-5-20(17-29)6-8-21;1-9(2)11-7-10(3)12(16(20)21)8-13(11)15-17-14(18-19-15)5-6-22-4;13-9-10-1-3-11(4-2-10)12-5-7-14-8-6-12;;/h5-8,15-16,18,22H,9-14H2,1-4H3,(H,30,31,32);7-9H,5-6H2,1-4H3,(H,20,21)(H,17,18,19);1-4,12,14H,5-8H2;1H4;1H. The second-order valence-corrected chi connectivity index (χ2v) is 18.9. The van der Waals surface area contributed by atoms with E-state index < -0.39 is 5.97 Å². The van der Waals surface area contributed by atoms with E-state index in [1.807, 2.05) is 60.4 Å². The van der Waals surface area contributed by atoms with Crippen molar-refractivity contribution in [1.82, 2.24) is 40.6 Å². The Bertz CT molecular complexity index is 2790. The van der Waals surface area contributed by atoms with Crippen molar-refractivity contribution in [3.05, 3.63) is 140 Å². The topological polar surface area (TPSA) is 219 Å². The average Bonchev–Trinajstić information content (AvgIpc) is 4.08. The van der Waals surface area contributed by atoms with E-state index in [1.165, 1.54) is 24.0 Å². The molecule has 0 spiro atoms. The summed E-state index contributed by atoms with van der Waals surface area (Å²) in [5.41, 5.74) is 10.6. The van der Waals surface area contributed by atoms with Crippen LogP contribution in [-0.4, -0.2) is 106 Å². The molecule has 0 atom stereocenters. The maximum absolute atomic E-state index is 13.6. The van der Waals surface area contributed by atoms with Gasteiger partial charge >= 0.3 is 5.97 Å². The Morgan fingerprint density at radius 2 is 1.10 bits per heavy atom. The number of nitriles is 2. The first-order valence-corrected chi connectivity index (χ1v) is 24.6. The van der Waals surface area contributed by atoms with Gasteiger partial charge in [0.1, 0.15) is 11.6 Å². The van der Waals surface area contributed by atoms with Crippen molar-refractivity contribution >= 4 is 24.3 Å². The van der Waals surface area contributed by atoms with Crippen molar-refractivity contribution < 1.29 is 24.2 Å². The number of ether oxygens (including phenoxy) is 2. The van der Waals surface area contributed by atoms with Crippen LogP contribution in [0, 0.1) is 36.5 Å². The van der Waals surface area contributed by atoms with Crippen LogP contribution in [-0.2, 0) is 22.3 Å². The number of carboxylic acid groups (broad SMARTS) is 1. The van der Waals surface area contributed by atoms with Crippen molar-refractivity contribution in [2.75, 3.05) is 53.6 Å². The van der Waals surface area contributed by atoms with Crippen LogP contribution in [0.2, 0.25) is 0 Å². The van der Waals surface area contributed by atoms with Crippen molar-refractivity contribution in [2.45, 2.75) is 111 Å². The Hall–Kier alpha value is -6.75. The molecule has 4 heterocycles. The maximum Gasteiger partial charge on any atom is 0.335 e. The molecule has 4 N–H and O–H groups in total. The quantitative estimate of drug-likeness (QED) is 0.0801. The molecule has 8 rings (SSSR count). The number of methoxy groups -OCH3 is 2. The fraction of sp³-hybridized carbons (Fsp3) is 0.439. The Kier molecular flexibility index (Phi) is 22.9. The van der Waals surface area contributed by atoms with Gasteiger partial charge in [-0.25, -0.2) is 14.8 Å². The number of carbonyl (C=O) groups is 2. The minimum absolute atomic E-state index is 0. The number of rotatable bonds is 14. The number of H-pyrrole nitrogens is 2. The molecular formula is C57H73ClN10O5. The number of nitrogens with one attached hydrogen (secondary N) is 3. The summed E-state index contributed by atoms with van der Waals surface area (Å²) in [4.78, 5) is 36.0. The molecule has 0 bridgehead atoms. The lowest BCUT2D eigenvalue weighted by Gasteiger charge is -2.33. The van der Waals surface area contributed by atoms with Gasteiger partial charge in [-0.05, 0) is 146 Å². The molecule has 0 radical (unpaired) electrons. The number of aryl methyl sites for hydroxylation is 2. The fourth-order valence-corrected chi connectivity index (χ4v) is 9.12. The van der Waals surface area contributed by atoms with Crippen LogP contribution < -0.4 is 5.32 Å². The van der Waals surface area contributed by atoms with Crippen LogP contribution in [0.25, 0.3) is 22.8 Å². The lowest BCUT2D eigenvalue weighted by molar-refractivity contribution is 0.0692. The van der Waals surface area contributed by atoms with Gasteiger partial charge in [0.25, 0.3) is 5.91 Å². The van der Waals surface area contributed by atoms with E-state index in [0.717, 1.165) is 76.5 Å². The van der Waals surface area contributed by atoms with Gasteiger partial charge in [-0.15, -0.1) is 12.4 Å². The van der Waals surface area contributed by atoms with E-state index in [-0.39, 0.29) is 43.1 Å². The van der Waals surface area contributed by atoms with E-state index in [4.69, 9.17) is 20.0 Å². The number of carboxylic acids is 1. The highest BCUT2D eigenvalue weighted by Gasteiger charge is 2.27. The van der Waals surface area contributed by atoms with E-state index in [1.54, 1.807) is 27.2 Å². The van der Waals surface area contributed by atoms with Crippen LogP contribution in [0.15, 0.2) is 72.8 Å². The molecule has 1 amide bonds. The molecule has 0 saturated carbocycles. The smallest absolute Gasteiger partial charge is 0.335 e. The number of hydrogen-bond acceptors (Lipinski definition) is 11. The number of amides is 1. The van der Waals surface area contributed by atoms with Gasteiger partial charge in [-0.2, -0.15) is 20.7 Å². The SMILES string of the molecule is C.COCCc1nc(-c2cc(C(=O)N3CCC(c4ccc(C#N)cc4)CC3)c(C)cc2C(C)C)n[nH]1.COCCc1nc(-c2cc(C(=O)O)c(C)cc2C(C)C)n[nH]1.Cl.N#Cc1ccc(C2CCNCC2)cc1. The van der Waals surface area contributed by atoms with Gasteiger partial charge in [0.05, 0.1) is 42.0 Å². The number of aromatic amines is 2. The zero-order chi connectivity index (χ0) is 51.0. The number of halogens is 1. The summed E-state index contributed by atoms with van der Waals surface area (Å²) in [5.74, 6) is 3.38. The molecule has 0 aliphatic carbocycles. The van der Waals surface area contributed by atoms with Crippen molar-refractivity contribution in [3.63, 3.8) is 0 Å². The normalized spacial score (nSPS) is 13.6. The molecule has 73 heavy (non-hydrogen) atoms. The number of likely N-dealkylation sites (tertiary alicyclic amines) is 1. The van der Waals surface area contributed by atoms with Gasteiger partial charge in [0.2, 0.25) is 0 Å². The van der Waals surface area contributed by atoms with Gasteiger partial charge in [0, 0.05) is 56.8 Å². The molecule has 16 heteroatoms. The predicted molar refractivity (Wildman–Crippen MR) is 288 cm³/mol. The summed E-state index contributed by atoms with van der Waals surface area (Å²) < 4.78 is 10.2. The van der Waals surface area contributed by atoms with E-state index in [0.29, 0.717) is 73.8 Å². The van der Waals surface area contributed by atoms with Gasteiger partial charge in [-0.3, -0.25) is 15.0 Å². The monoisotopic (exact) mass is 1010 g/mol. The molecular weight excluding hydrogens is 940 g/mol. The molecule has 2 saturated heterocycles. The fourth-order valence-electron chi connectivity index (χ4n) is 9.12. The van der Waals surface area contributed by atoms with Crippen molar-refractivity contribution in [2.24, 2.45) is 0 Å². The molecule has 2 aliphatic heterocycles. The summed E-state index contributed by atoms with van der Waals surface area (Å²) in [7, 11) is 3.30. The number of carbonyl (C=O) groups excluding carboxylic acids is 1. The van der Waals surface area contributed by atoms with Crippen LogP contribution in [0.1, 0.15) is 161 Å². The van der Waals surface area contributed by atoms with Crippen LogP contribution in [0.5, 0.6) is 0 Å². The lowest BCUT2D eigenvalue weighted by atomic mass is 9.88. The molecule has 0 unspecified atom stereocenters. The summed E-state index contributed by atoms with van der Waals surface area (Å²) >= 11 is 0. The van der Waals surface area contributed by atoms with Crippen LogP contribution in [0.3, 0.4) is 0 Å². The van der Waals surface area contributed by atoms with Gasteiger partial charge in [0.15, 0.2) is 11.6 Å². The molecule has 15 nitrogen and oxygen atoms in total. The number of piperidine rings is 2.